The number of nitrogens with one attached hydrogen (secondary N) is 2. The number of aromatic nitrogens is 2. The van der Waals surface area contributed by atoms with Gasteiger partial charge in [-0.1, -0.05) is 43.8 Å². The van der Waals surface area contributed by atoms with Gasteiger partial charge < -0.3 is 25.2 Å². The molecule has 0 fully saturated rings. The van der Waals surface area contributed by atoms with E-state index in [4.69, 9.17) is 9.72 Å². The summed E-state index contributed by atoms with van der Waals surface area (Å²) >= 11 is 0. The minimum Gasteiger partial charge on any atom is -0.494 e. The lowest BCUT2D eigenvalue weighted by molar-refractivity contribution is -0.111. The maximum atomic E-state index is 12.6. The molecule has 3 unspecified atom stereocenters. The van der Waals surface area contributed by atoms with Crippen molar-refractivity contribution >= 4 is 44.6 Å². The molecule has 1 heterocycles. The number of allylic oxidation sites excluding steroid dienone is 1. The molecule has 1 aromatic heterocycles. The van der Waals surface area contributed by atoms with Crippen molar-refractivity contribution in [2.45, 2.75) is 19.3 Å². The quantitative estimate of drug-likeness (QED) is 0.284. The van der Waals surface area contributed by atoms with E-state index < -0.39 is 10.8 Å². The van der Waals surface area contributed by atoms with Crippen LogP contribution >= 0.6 is 0 Å². The predicted molar refractivity (Wildman–Crippen MR) is 173 cm³/mol. The third-order valence-electron chi connectivity index (χ3n) is 7.50. The van der Waals surface area contributed by atoms with E-state index in [-0.39, 0.29) is 17.7 Å². The zero-order valence-electron chi connectivity index (χ0n) is 25.2. The summed E-state index contributed by atoms with van der Waals surface area (Å²) in [7, 11) is 6.51. The lowest BCUT2D eigenvalue weighted by Gasteiger charge is -2.28. The highest BCUT2D eigenvalue weighted by Gasteiger charge is 2.27. The third-order valence-corrected chi connectivity index (χ3v) is 8.48. The number of amides is 1. The number of carbonyl (C=O) groups excluding carboxylic acids is 1. The van der Waals surface area contributed by atoms with Gasteiger partial charge in [0.1, 0.15) is 5.75 Å². The van der Waals surface area contributed by atoms with Crippen molar-refractivity contribution in [3.63, 3.8) is 0 Å². The molecule has 10 heteroatoms. The molecule has 3 atom stereocenters. The fourth-order valence-corrected chi connectivity index (χ4v) is 5.91. The molecule has 9 nitrogen and oxygen atoms in total. The van der Waals surface area contributed by atoms with Gasteiger partial charge in [-0.15, -0.1) is 0 Å². The summed E-state index contributed by atoms with van der Waals surface area (Å²) in [5.74, 6) is 0.871. The van der Waals surface area contributed by atoms with Gasteiger partial charge in [0.2, 0.25) is 11.9 Å². The monoisotopic (exact) mass is 588 g/mol. The van der Waals surface area contributed by atoms with E-state index in [0.29, 0.717) is 23.1 Å². The van der Waals surface area contributed by atoms with Crippen molar-refractivity contribution in [3.8, 4) is 5.75 Å². The number of benzene rings is 2. The number of ether oxygens (including phenoxy) is 1. The molecule has 2 N–H and O–H groups in total. The van der Waals surface area contributed by atoms with Crippen LogP contribution in [0.15, 0.2) is 67.4 Å². The van der Waals surface area contributed by atoms with Crippen molar-refractivity contribution in [1.29, 1.82) is 0 Å². The highest BCUT2D eigenvalue weighted by Crippen LogP contribution is 2.39. The average Bonchev–Trinajstić information content (AvgIpc) is 2.99. The normalized spacial score (nSPS) is 15.7. The van der Waals surface area contributed by atoms with Crippen LogP contribution in [0.1, 0.15) is 29.7 Å². The molecule has 0 radical (unpaired) electrons. The van der Waals surface area contributed by atoms with Crippen LogP contribution in [0.2, 0.25) is 0 Å². The zero-order valence-corrected chi connectivity index (χ0v) is 26.0. The first-order valence-corrected chi connectivity index (χ1v) is 15.4. The van der Waals surface area contributed by atoms with Crippen LogP contribution in [0.5, 0.6) is 5.75 Å². The minimum atomic E-state index is -1.10. The van der Waals surface area contributed by atoms with E-state index in [0.717, 1.165) is 41.4 Å². The lowest BCUT2D eigenvalue weighted by Crippen LogP contribution is -2.29. The molecule has 0 saturated carbocycles. The van der Waals surface area contributed by atoms with Gasteiger partial charge in [0, 0.05) is 55.2 Å². The SMILES string of the molecule is C=CC(=O)Nc1cc(Nc2nccc(C(C)C3C=C(S(C)=O)c4ccccc4C3)n2)c(OC)cc1N(C)CCN(C)C. The van der Waals surface area contributed by atoms with Gasteiger partial charge in [-0.2, -0.15) is 0 Å². The number of likely N-dealkylation sites (N-methyl/N-ethyl adjacent to an activating group) is 2. The largest absolute Gasteiger partial charge is 0.494 e. The molecule has 42 heavy (non-hydrogen) atoms. The average molecular weight is 589 g/mol. The van der Waals surface area contributed by atoms with Gasteiger partial charge in [-0.05, 0) is 55.8 Å². The van der Waals surface area contributed by atoms with E-state index >= 15 is 0 Å². The van der Waals surface area contributed by atoms with Crippen molar-refractivity contribution < 1.29 is 13.7 Å². The van der Waals surface area contributed by atoms with E-state index in [1.807, 2.05) is 57.5 Å². The summed E-state index contributed by atoms with van der Waals surface area (Å²) in [6.07, 6.45) is 7.69. The van der Waals surface area contributed by atoms with E-state index in [9.17, 15) is 9.00 Å². The van der Waals surface area contributed by atoms with Crippen molar-refractivity contribution in [1.82, 2.24) is 14.9 Å². The van der Waals surface area contributed by atoms with E-state index in [2.05, 4.69) is 51.1 Å². The van der Waals surface area contributed by atoms with Gasteiger partial charge in [-0.25, -0.2) is 9.97 Å². The second-order valence-corrected chi connectivity index (χ2v) is 12.1. The molecule has 0 aliphatic heterocycles. The van der Waals surface area contributed by atoms with Crippen LogP contribution in [0, 0.1) is 5.92 Å². The Hall–Kier alpha value is -4.02. The number of hydrogen-bond donors (Lipinski definition) is 2. The topological polar surface area (TPSA) is 99.7 Å². The standard InChI is InChI=1S/C32H40N6O3S/c1-8-31(39)34-26-19-27(29(41-6)20-28(26)38(5)16-15-37(3)4)36-32-33-14-13-25(35-32)21(2)23-17-22-11-9-10-12-24(22)30(18-23)42(7)40/h8-14,18-21,23H,1,15-17H2,2-7H3,(H,34,39)(H,33,35,36). The fourth-order valence-electron chi connectivity index (χ4n) is 5.04. The second kappa shape index (κ2) is 13.8. The third kappa shape index (κ3) is 7.24. The first kappa shape index (κ1) is 30.9. The number of hydrogen-bond acceptors (Lipinski definition) is 8. The molecule has 1 amide bonds. The summed E-state index contributed by atoms with van der Waals surface area (Å²) in [6, 6.07) is 13.8. The van der Waals surface area contributed by atoms with Crippen LogP contribution in [0.25, 0.3) is 4.91 Å². The van der Waals surface area contributed by atoms with Gasteiger partial charge >= 0.3 is 0 Å². The summed E-state index contributed by atoms with van der Waals surface area (Å²) in [5, 5.41) is 6.22. The van der Waals surface area contributed by atoms with Crippen molar-refractivity contribution in [3.05, 3.63) is 84.2 Å². The highest BCUT2D eigenvalue weighted by atomic mass is 32.2. The molecule has 1 aliphatic carbocycles. The Labute approximate surface area is 251 Å². The maximum Gasteiger partial charge on any atom is 0.247 e. The number of anilines is 4. The molecular formula is C32H40N6O3S. The van der Waals surface area contributed by atoms with Crippen molar-refractivity contribution in [2.75, 3.05) is 63.1 Å². The number of rotatable bonds is 12. The van der Waals surface area contributed by atoms with Crippen LogP contribution in [-0.4, -0.2) is 72.6 Å². The van der Waals surface area contributed by atoms with Gasteiger partial charge in [-0.3, -0.25) is 9.00 Å². The summed E-state index contributed by atoms with van der Waals surface area (Å²) in [6.45, 7) is 7.31. The summed E-state index contributed by atoms with van der Waals surface area (Å²) in [5.41, 5.74) is 5.17. The maximum absolute atomic E-state index is 12.6. The summed E-state index contributed by atoms with van der Waals surface area (Å²) < 4.78 is 18.3. The first-order valence-electron chi connectivity index (χ1n) is 13.9. The Balaban J connectivity index is 1.64. The molecule has 222 valence electrons. The number of nitrogens with zero attached hydrogens (tertiary/aromatic N) is 4. The molecular weight excluding hydrogens is 548 g/mol. The Bertz CT molecular complexity index is 1510. The van der Waals surface area contributed by atoms with E-state index in [1.54, 1.807) is 19.6 Å². The van der Waals surface area contributed by atoms with E-state index in [1.165, 1.54) is 11.6 Å². The summed E-state index contributed by atoms with van der Waals surface area (Å²) in [4.78, 5) is 26.7. The minimum absolute atomic E-state index is 0.0533. The zero-order chi connectivity index (χ0) is 30.4. The van der Waals surface area contributed by atoms with Gasteiger partial charge in [0.15, 0.2) is 0 Å². The molecule has 0 bridgehead atoms. The van der Waals surface area contributed by atoms with Crippen LogP contribution in [0.4, 0.5) is 23.0 Å². The molecule has 1 aliphatic rings. The van der Waals surface area contributed by atoms with Crippen LogP contribution < -0.4 is 20.3 Å². The fraction of sp³-hybridized carbons (Fsp3) is 0.344. The molecule has 0 spiro atoms. The van der Waals surface area contributed by atoms with Gasteiger partial charge in [0.25, 0.3) is 0 Å². The van der Waals surface area contributed by atoms with Gasteiger partial charge in [0.05, 0.1) is 35.0 Å². The van der Waals surface area contributed by atoms with Crippen molar-refractivity contribution in [2.24, 2.45) is 5.92 Å². The molecule has 0 saturated heterocycles. The Morgan fingerprint density at radius 1 is 1.19 bits per heavy atom. The second-order valence-electron chi connectivity index (χ2n) is 10.7. The Kier molecular flexibility index (Phi) is 10.1. The Morgan fingerprint density at radius 2 is 1.95 bits per heavy atom. The number of fused-ring (bicyclic) bond motifs is 1. The predicted octanol–water partition coefficient (Wildman–Crippen LogP) is 5.05. The number of carbonyl (C=O) groups is 1. The lowest BCUT2D eigenvalue weighted by atomic mass is 9.81. The molecule has 2 aromatic carbocycles. The van der Waals surface area contributed by atoms with Crippen LogP contribution in [-0.2, 0) is 22.0 Å². The molecule has 3 aromatic rings. The molecule has 4 rings (SSSR count). The first-order chi connectivity index (χ1) is 20.1. The highest BCUT2D eigenvalue weighted by molar-refractivity contribution is 7.93. The Morgan fingerprint density at radius 3 is 2.64 bits per heavy atom. The smallest absolute Gasteiger partial charge is 0.247 e. The number of methoxy groups -OCH3 is 1. The van der Waals surface area contributed by atoms with Crippen LogP contribution in [0.3, 0.4) is 0 Å².